The maximum absolute atomic E-state index is 5.52. The van der Waals surface area contributed by atoms with Crippen molar-refractivity contribution in [1.82, 2.24) is 29.9 Å². The first-order valence-corrected chi connectivity index (χ1v) is 36.7. The molecule has 108 heavy (non-hydrogen) atoms. The highest BCUT2D eigenvalue weighted by molar-refractivity contribution is 6.23. The van der Waals surface area contributed by atoms with E-state index >= 15 is 0 Å². The molecule has 22 rings (SSSR count). The van der Waals surface area contributed by atoms with E-state index in [0.717, 1.165) is 110 Å². The zero-order valence-electron chi connectivity index (χ0n) is 58.5. The van der Waals surface area contributed by atoms with Crippen molar-refractivity contribution in [1.29, 1.82) is 0 Å². The largest absolute Gasteiger partial charge is 0.256 e. The lowest BCUT2D eigenvalue weighted by atomic mass is 9.86. The van der Waals surface area contributed by atoms with Gasteiger partial charge in [-0.05, 0) is 184 Å². The molecule has 0 saturated heterocycles. The van der Waals surface area contributed by atoms with E-state index in [1.54, 1.807) is 0 Å². The minimum atomic E-state index is 0.908. The van der Waals surface area contributed by atoms with Gasteiger partial charge < -0.3 is 0 Å². The standard InChI is InChI=1S/2C51H31N3/c1-2-11-33(12-3-1)48-42-18-8-9-19-45(42)53-51-43(48)27-24-35-25-29-46(54-50(35)51)49-40-16-6-4-14-38(40)47(39-15-5-7-17-41(39)49)34-22-20-32(21-23-34)36-26-28-44-37(31-36)13-10-30-52-44;1-2-7-34(8-3-1)49-44-10-4-5-11-48(44)54-51-45(49)23-20-35-21-25-47(53-50(35)51)41-19-18-39-29-42-28-36(16-17-38(42)30-43(39)31-41)32-12-14-33(15-13-32)37-22-24-46-40(27-37)9-6-26-52-46/h2*1-31H. The molecule has 0 fully saturated rings. The van der Waals surface area contributed by atoms with E-state index in [1.165, 1.54) is 110 Å². The van der Waals surface area contributed by atoms with Crippen LogP contribution in [0.4, 0.5) is 0 Å². The summed E-state index contributed by atoms with van der Waals surface area (Å²) in [5.41, 5.74) is 26.0. The van der Waals surface area contributed by atoms with Crippen molar-refractivity contribution in [2.75, 3.05) is 0 Å². The van der Waals surface area contributed by atoms with Gasteiger partial charge in [0.25, 0.3) is 0 Å². The van der Waals surface area contributed by atoms with Gasteiger partial charge >= 0.3 is 0 Å². The van der Waals surface area contributed by atoms with Crippen molar-refractivity contribution in [3.63, 3.8) is 0 Å². The molecule has 0 bridgehead atoms. The molecule has 6 nitrogen and oxygen atoms in total. The highest BCUT2D eigenvalue weighted by Gasteiger charge is 2.22. The summed E-state index contributed by atoms with van der Waals surface area (Å²) < 4.78 is 0. The Kier molecular flexibility index (Phi) is 14.8. The Morgan fingerprint density at radius 3 is 0.981 bits per heavy atom. The number of fused-ring (bicyclic) bond motifs is 14. The van der Waals surface area contributed by atoms with Crippen LogP contribution in [0.3, 0.4) is 0 Å². The molecule has 16 aromatic carbocycles. The van der Waals surface area contributed by atoms with E-state index in [0.29, 0.717) is 0 Å². The van der Waals surface area contributed by atoms with Crippen LogP contribution in [0.2, 0.25) is 0 Å². The lowest BCUT2D eigenvalue weighted by molar-refractivity contribution is 1.40. The fourth-order valence-electron chi connectivity index (χ4n) is 16.5. The Labute approximate surface area is 621 Å². The topological polar surface area (TPSA) is 77.3 Å². The van der Waals surface area contributed by atoms with Crippen LogP contribution >= 0.6 is 0 Å². The van der Waals surface area contributed by atoms with Crippen molar-refractivity contribution in [3.05, 3.63) is 376 Å². The molecule has 22 aromatic rings. The van der Waals surface area contributed by atoms with Crippen LogP contribution < -0.4 is 0 Å². The number of aromatic nitrogens is 6. The fourth-order valence-corrected chi connectivity index (χ4v) is 16.5. The van der Waals surface area contributed by atoms with Crippen molar-refractivity contribution in [3.8, 4) is 89.3 Å². The van der Waals surface area contributed by atoms with Crippen molar-refractivity contribution >= 4 is 130 Å². The molecule has 0 atom stereocenters. The van der Waals surface area contributed by atoms with Gasteiger partial charge in [-0.3, -0.25) is 9.97 Å². The number of para-hydroxylation sites is 2. The molecule has 6 heterocycles. The lowest BCUT2D eigenvalue weighted by Crippen LogP contribution is -1.95. The number of rotatable bonds is 8. The molecule has 0 spiro atoms. The van der Waals surface area contributed by atoms with E-state index in [4.69, 9.17) is 19.9 Å². The smallest absolute Gasteiger partial charge is 0.0978 e. The Morgan fingerprint density at radius 1 is 0.148 bits per heavy atom. The van der Waals surface area contributed by atoms with Gasteiger partial charge in [0.2, 0.25) is 0 Å². The van der Waals surface area contributed by atoms with Gasteiger partial charge in [-0.25, -0.2) is 19.9 Å². The molecule has 0 N–H and O–H groups in total. The maximum atomic E-state index is 5.52. The molecule has 0 amide bonds. The van der Waals surface area contributed by atoms with Crippen LogP contribution in [0.1, 0.15) is 0 Å². The van der Waals surface area contributed by atoms with Crippen LogP contribution in [0, 0.1) is 0 Å². The molecule has 0 radical (unpaired) electrons. The predicted octanol–water partition coefficient (Wildman–Crippen LogP) is 26.9. The van der Waals surface area contributed by atoms with Crippen LogP contribution in [0.5, 0.6) is 0 Å². The predicted molar refractivity (Wildman–Crippen MR) is 453 cm³/mol. The third-order valence-corrected chi connectivity index (χ3v) is 21.7. The molecule has 500 valence electrons. The second-order valence-corrected chi connectivity index (χ2v) is 28.0. The third kappa shape index (κ3) is 10.8. The lowest BCUT2D eigenvalue weighted by Gasteiger charge is -2.18. The van der Waals surface area contributed by atoms with Crippen molar-refractivity contribution in [2.45, 2.75) is 0 Å². The summed E-state index contributed by atoms with van der Waals surface area (Å²) >= 11 is 0. The Balaban J connectivity index is 0.000000138. The second kappa shape index (κ2) is 25.7. The Bertz CT molecular complexity index is 7350. The average Bonchev–Trinajstić information content (AvgIpc) is 0.734. The minimum absolute atomic E-state index is 0.908. The zero-order valence-corrected chi connectivity index (χ0v) is 58.5. The highest BCUT2D eigenvalue weighted by atomic mass is 14.8. The Hall–Kier alpha value is -14.5. The van der Waals surface area contributed by atoms with Gasteiger partial charge in [-0.1, -0.05) is 279 Å². The third-order valence-electron chi connectivity index (χ3n) is 21.7. The molecule has 0 aliphatic carbocycles. The van der Waals surface area contributed by atoms with Gasteiger partial charge in [0.15, 0.2) is 0 Å². The molecule has 0 unspecified atom stereocenters. The minimum Gasteiger partial charge on any atom is -0.256 e. The number of hydrogen-bond acceptors (Lipinski definition) is 6. The van der Waals surface area contributed by atoms with Crippen LogP contribution in [0.25, 0.3) is 220 Å². The quantitative estimate of drug-likeness (QED) is 0.111. The first-order chi connectivity index (χ1) is 53.5. The average molecular weight is 1370 g/mol. The number of nitrogens with zero attached hydrogens (tertiary/aromatic N) is 6. The summed E-state index contributed by atoms with van der Waals surface area (Å²) in [5, 5.41) is 18.5. The van der Waals surface area contributed by atoms with E-state index in [2.05, 4.69) is 362 Å². The Morgan fingerprint density at radius 2 is 0.491 bits per heavy atom. The number of benzene rings is 16. The van der Waals surface area contributed by atoms with Crippen LogP contribution in [0.15, 0.2) is 376 Å². The molecule has 0 aliphatic rings. The van der Waals surface area contributed by atoms with Gasteiger partial charge in [-0.15, -0.1) is 0 Å². The van der Waals surface area contributed by atoms with E-state index in [9.17, 15) is 0 Å². The molecule has 6 aromatic heterocycles. The summed E-state index contributed by atoms with van der Waals surface area (Å²) in [4.78, 5) is 30.3. The number of hydrogen-bond donors (Lipinski definition) is 0. The molecule has 0 aliphatic heterocycles. The van der Waals surface area contributed by atoms with Crippen molar-refractivity contribution < 1.29 is 0 Å². The first kappa shape index (κ1) is 62.1. The fraction of sp³-hybridized carbons (Fsp3) is 0. The van der Waals surface area contributed by atoms with E-state index in [1.807, 2.05) is 24.5 Å². The first-order valence-electron chi connectivity index (χ1n) is 36.7. The van der Waals surface area contributed by atoms with Gasteiger partial charge in [-0.2, -0.15) is 0 Å². The van der Waals surface area contributed by atoms with Crippen LogP contribution in [-0.4, -0.2) is 29.9 Å². The summed E-state index contributed by atoms with van der Waals surface area (Å²) in [6.45, 7) is 0. The van der Waals surface area contributed by atoms with Gasteiger partial charge in [0.05, 0.1) is 55.5 Å². The van der Waals surface area contributed by atoms with E-state index < -0.39 is 0 Å². The van der Waals surface area contributed by atoms with Gasteiger partial charge in [0, 0.05) is 77.7 Å². The van der Waals surface area contributed by atoms with Crippen molar-refractivity contribution in [2.24, 2.45) is 0 Å². The zero-order chi connectivity index (χ0) is 71.2. The van der Waals surface area contributed by atoms with Gasteiger partial charge in [0.1, 0.15) is 0 Å². The highest BCUT2D eigenvalue weighted by Crippen LogP contribution is 2.46. The van der Waals surface area contributed by atoms with E-state index in [-0.39, 0.29) is 0 Å². The van der Waals surface area contributed by atoms with Crippen LogP contribution in [-0.2, 0) is 0 Å². The summed E-state index contributed by atoms with van der Waals surface area (Å²) in [6.07, 6.45) is 3.68. The molecular formula is C102H62N6. The second-order valence-electron chi connectivity index (χ2n) is 28.0. The number of pyridine rings is 6. The molecule has 0 saturated carbocycles. The molecular weight excluding hydrogens is 1310 g/mol. The monoisotopic (exact) mass is 1370 g/mol. The maximum Gasteiger partial charge on any atom is 0.0978 e. The summed E-state index contributed by atoms with van der Waals surface area (Å²) in [6, 6.07) is 130. The molecule has 6 heteroatoms. The summed E-state index contributed by atoms with van der Waals surface area (Å²) in [7, 11) is 0. The SMILES string of the molecule is c1ccc(-c2c3ccccc3nc3c2ccc2ccc(-c4c5ccccc5c(-c5ccc(-c6ccc7ncccc7c6)cc5)c5ccccc45)nc23)cc1.c1ccc(-c2c3ccccc3nc3c2ccc2ccc(-c4ccc5cc6cc(-c7ccc(-c8ccc9ncccc9c8)cc7)ccc6cc5c4)nc23)cc1. The summed E-state index contributed by atoms with van der Waals surface area (Å²) in [5.74, 6) is 0. The normalized spacial score (nSPS) is 11.7.